The molecule has 2 rings (SSSR count). The maximum atomic E-state index is 12.7. The van der Waals surface area contributed by atoms with Gasteiger partial charge in [-0.2, -0.15) is 12.6 Å². The quantitative estimate of drug-likeness (QED) is 0.793. The summed E-state index contributed by atoms with van der Waals surface area (Å²) in [7, 11) is 0. The van der Waals surface area contributed by atoms with E-state index < -0.39 is 12.0 Å². The number of rotatable bonds is 6. The summed E-state index contributed by atoms with van der Waals surface area (Å²) >= 11 is 4.24. The minimum Gasteiger partial charge on any atom is -0.480 e. The molecule has 1 N–H and O–H groups in total. The van der Waals surface area contributed by atoms with Gasteiger partial charge in [-0.15, -0.1) is 0 Å². The second-order valence-corrected chi connectivity index (χ2v) is 5.87. The first-order valence-corrected chi connectivity index (χ1v) is 7.94. The first-order valence-electron chi connectivity index (χ1n) is 7.31. The normalized spacial score (nSPS) is 19.5. The molecule has 4 nitrogen and oxygen atoms in total. The zero-order valence-corrected chi connectivity index (χ0v) is 12.8. The third-order valence-corrected chi connectivity index (χ3v) is 4.23. The summed E-state index contributed by atoms with van der Waals surface area (Å²) < 4.78 is 0. The SMILES string of the molecule is O=C(O)[C@@H]1CCCN1C(=O)C(CCS)Cc1ccccc1. The number of carbonyl (C=O) groups excluding carboxylic acids is 1. The number of nitrogens with zero attached hydrogens (tertiary/aromatic N) is 1. The maximum Gasteiger partial charge on any atom is 0.326 e. The highest BCUT2D eigenvalue weighted by atomic mass is 32.1. The highest BCUT2D eigenvalue weighted by Crippen LogP contribution is 2.23. The molecular formula is C16H21NO3S. The highest BCUT2D eigenvalue weighted by Gasteiger charge is 2.36. The fourth-order valence-electron chi connectivity index (χ4n) is 2.89. The van der Waals surface area contributed by atoms with Gasteiger partial charge >= 0.3 is 5.97 Å². The lowest BCUT2D eigenvalue weighted by Crippen LogP contribution is -2.44. The number of amides is 1. The molecule has 1 aromatic rings. The molecular weight excluding hydrogens is 286 g/mol. The fourth-order valence-corrected chi connectivity index (χ4v) is 3.20. The monoisotopic (exact) mass is 307 g/mol. The van der Waals surface area contributed by atoms with Gasteiger partial charge in [-0.25, -0.2) is 4.79 Å². The Balaban J connectivity index is 2.10. The Kier molecular flexibility index (Phi) is 5.67. The van der Waals surface area contributed by atoms with Crippen LogP contribution < -0.4 is 0 Å². The molecule has 1 amide bonds. The van der Waals surface area contributed by atoms with E-state index in [1.54, 1.807) is 4.90 Å². The van der Waals surface area contributed by atoms with E-state index in [9.17, 15) is 14.7 Å². The van der Waals surface area contributed by atoms with Gasteiger partial charge in [0.15, 0.2) is 0 Å². The fraction of sp³-hybridized carbons (Fsp3) is 0.500. The summed E-state index contributed by atoms with van der Waals surface area (Å²) in [4.78, 5) is 25.5. The van der Waals surface area contributed by atoms with Crippen molar-refractivity contribution in [2.45, 2.75) is 31.7 Å². The Hall–Kier alpha value is -1.49. The van der Waals surface area contributed by atoms with Crippen LogP contribution in [-0.4, -0.2) is 40.2 Å². The van der Waals surface area contributed by atoms with E-state index in [2.05, 4.69) is 12.6 Å². The number of carboxylic acids is 1. The van der Waals surface area contributed by atoms with E-state index in [0.29, 0.717) is 31.6 Å². The van der Waals surface area contributed by atoms with E-state index in [0.717, 1.165) is 12.0 Å². The van der Waals surface area contributed by atoms with Crippen LogP contribution in [-0.2, 0) is 16.0 Å². The Bertz CT molecular complexity index is 492. The lowest BCUT2D eigenvalue weighted by molar-refractivity contribution is -0.149. The third kappa shape index (κ3) is 4.00. The van der Waals surface area contributed by atoms with Crippen molar-refractivity contribution < 1.29 is 14.7 Å². The number of hydrogen-bond donors (Lipinski definition) is 2. The van der Waals surface area contributed by atoms with Crippen molar-refractivity contribution in [1.29, 1.82) is 0 Å². The van der Waals surface area contributed by atoms with Crippen LogP contribution in [0.2, 0.25) is 0 Å². The van der Waals surface area contributed by atoms with Crippen LogP contribution in [0.25, 0.3) is 0 Å². The van der Waals surface area contributed by atoms with Crippen LogP contribution in [0.1, 0.15) is 24.8 Å². The van der Waals surface area contributed by atoms with Gasteiger partial charge in [-0.3, -0.25) is 4.79 Å². The second kappa shape index (κ2) is 7.50. The van der Waals surface area contributed by atoms with Gasteiger partial charge in [-0.05, 0) is 37.0 Å². The number of likely N-dealkylation sites (tertiary alicyclic amines) is 1. The van der Waals surface area contributed by atoms with E-state index in [4.69, 9.17) is 0 Å². The predicted octanol–water partition coefficient (Wildman–Crippen LogP) is 2.24. The standard InChI is InChI=1S/C16H21NO3S/c18-15(17-9-4-7-14(17)16(19)20)13(8-10-21)11-12-5-2-1-3-6-12/h1-3,5-6,13-14,21H,4,7-11H2,(H,19,20)/t13?,14-/m0/s1. The van der Waals surface area contributed by atoms with Gasteiger partial charge in [0.25, 0.3) is 0 Å². The molecule has 1 fully saturated rings. The van der Waals surface area contributed by atoms with Crippen molar-refractivity contribution in [3.8, 4) is 0 Å². The minimum atomic E-state index is -0.898. The molecule has 1 aliphatic rings. The summed E-state index contributed by atoms with van der Waals surface area (Å²) in [5.41, 5.74) is 1.10. The number of benzene rings is 1. The summed E-state index contributed by atoms with van der Waals surface area (Å²) in [5.74, 6) is -0.512. The number of thiol groups is 1. The first kappa shape index (κ1) is 15.9. The third-order valence-electron chi connectivity index (χ3n) is 3.97. The summed E-state index contributed by atoms with van der Waals surface area (Å²) in [6.07, 6.45) is 2.63. The lowest BCUT2D eigenvalue weighted by atomic mass is 9.95. The van der Waals surface area contributed by atoms with Gasteiger partial charge in [0.1, 0.15) is 6.04 Å². The largest absolute Gasteiger partial charge is 0.480 e. The molecule has 1 aromatic carbocycles. The van der Waals surface area contributed by atoms with Gasteiger partial charge in [-0.1, -0.05) is 30.3 Å². The number of carbonyl (C=O) groups is 2. The number of carboxylic acid groups (broad SMARTS) is 1. The Morgan fingerprint density at radius 2 is 2.05 bits per heavy atom. The van der Waals surface area contributed by atoms with Gasteiger partial charge < -0.3 is 10.0 Å². The predicted molar refractivity (Wildman–Crippen MR) is 84.5 cm³/mol. The molecule has 0 aliphatic carbocycles. The molecule has 0 radical (unpaired) electrons. The lowest BCUT2D eigenvalue weighted by Gasteiger charge is -2.26. The van der Waals surface area contributed by atoms with Crippen LogP contribution in [0.4, 0.5) is 0 Å². The second-order valence-electron chi connectivity index (χ2n) is 5.43. The van der Waals surface area contributed by atoms with Crippen LogP contribution in [0, 0.1) is 5.92 Å². The Labute approximate surface area is 130 Å². The van der Waals surface area contributed by atoms with Crippen molar-refractivity contribution in [1.82, 2.24) is 4.90 Å². The molecule has 0 bridgehead atoms. The zero-order valence-electron chi connectivity index (χ0n) is 11.9. The average molecular weight is 307 g/mol. The molecule has 21 heavy (non-hydrogen) atoms. The van der Waals surface area contributed by atoms with Crippen LogP contribution in [0.5, 0.6) is 0 Å². The Morgan fingerprint density at radius 1 is 1.33 bits per heavy atom. The summed E-state index contributed by atoms with van der Waals surface area (Å²) in [5, 5.41) is 9.22. The van der Waals surface area contributed by atoms with Crippen molar-refractivity contribution in [3.05, 3.63) is 35.9 Å². The van der Waals surface area contributed by atoms with Crippen molar-refractivity contribution >= 4 is 24.5 Å². The molecule has 1 aliphatic heterocycles. The van der Waals surface area contributed by atoms with E-state index in [1.807, 2.05) is 30.3 Å². The highest BCUT2D eigenvalue weighted by molar-refractivity contribution is 7.80. The smallest absolute Gasteiger partial charge is 0.326 e. The molecule has 2 atom stereocenters. The van der Waals surface area contributed by atoms with E-state index >= 15 is 0 Å². The molecule has 0 aromatic heterocycles. The van der Waals surface area contributed by atoms with Crippen LogP contribution in [0.15, 0.2) is 30.3 Å². The van der Waals surface area contributed by atoms with Crippen molar-refractivity contribution in [3.63, 3.8) is 0 Å². The van der Waals surface area contributed by atoms with Gasteiger partial charge in [0.2, 0.25) is 5.91 Å². The molecule has 1 unspecified atom stereocenters. The van der Waals surface area contributed by atoms with Crippen molar-refractivity contribution in [2.75, 3.05) is 12.3 Å². The van der Waals surface area contributed by atoms with Gasteiger partial charge in [0.05, 0.1) is 0 Å². The number of hydrogen-bond acceptors (Lipinski definition) is 3. The average Bonchev–Trinajstić information content (AvgIpc) is 2.97. The maximum absolute atomic E-state index is 12.7. The minimum absolute atomic E-state index is 0.0437. The molecule has 114 valence electrons. The van der Waals surface area contributed by atoms with Crippen LogP contribution >= 0.6 is 12.6 Å². The van der Waals surface area contributed by atoms with E-state index in [1.165, 1.54) is 0 Å². The first-order chi connectivity index (χ1) is 10.1. The van der Waals surface area contributed by atoms with Crippen molar-refractivity contribution in [2.24, 2.45) is 5.92 Å². The topological polar surface area (TPSA) is 57.6 Å². The molecule has 0 saturated carbocycles. The van der Waals surface area contributed by atoms with E-state index in [-0.39, 0.29) is 11.8 Å². The van der Waals surface area contributed by atoms with Crippen LogP contribution in [0.3, 0.4) is 0 Å². The molecule has 5 heteroatoms. The number of aliphatic carboxylic acids is 1. The Morgan fingerprint density at radius 3 is 2.67 bits per heavy atom. The molecule has 1 saturated heterocycles. The summed E-state index contributed by atoms with van der Waals surface area (Å²) in [6, 6.07) is 9.19. The molecule has 1 heterocycles. The molecule has 0 spiro atoms. The zero-order chi connectivity index (χ0) is 15.2. The van der Waals surface area contributed by atoms with Gasteiger partial charge in [0, 0.05) is 12.5 Å². The summed E-state index contributed by atoms with van der Waals surface area (Å²) in [6.45, 7) is 0.549.